The van der Waals surface area contributed by atoms with E-state index < -0.39 is 0 Å². The fourth-order valence-electron chi connectivity index (χ4n) is 2.51. The largest absolute Gasteiger partial charge is 0.349 e. The third-order valence-corrected chi connectivity index (χ3v) is 4.40. The minimum absolute atomic E-state index is 0.0430. The zero-order valence-electron chi connectivity index (χ0n) is 13.5. The van der Waals surface area contributed by atoms with Crippen LogP contribution in [0.15, 0.2) is 6.07 Å². The van der Waals surface area contributed by atoms with Gasteiger partial charge in [0.1, 0.15) is 0 Å². The summed E-state index contributed by atoms with van der Waals surface area (Å²) >= 11 is 1.77. The zero-order valence-corrected chi connectivity index (χ0v) is 14.4. The maximum atomic E-state index is 12.4. The molecule has 1 heterocycles. The van der Waals surface area contributed by atoms with Crippen LogP contribution in [0.1, 0.15) is 55.5 Å². The van der Waals surface area contributed by atoms with Gasteiger partial charge in [0.25, 0.3) is 0 Å². The van der Waals surface area contributed by atoms with E-state index in [1.54, 1.807) is 11.3 Å². The van der Waals surface area contributed by atoms with E-state index in [-0.39, 0.29) is 23.3 Å². The Morgan fingerprint density at radius 3 is 2.40 bits per heavy atom. The SMILES string of the molecule is Cc1cc(C(C)NC(=O)C(CN)CC(C)(C)C)c(C)s1. The molecule has 0 bridgehead atoms. The van der Waals surface area contributed by atoms with Crippen molar-refractivity contribution in [3.63, 3.8) is 0 Å². The van der Waals surface area contributed by atoms with Crippen LogP contribution in [0.5, 0.6) is 0 Å². The van der Waals surface area contributed by atoms with Crippen LogP contribution in [0, 0.1) is 25.2 Å². The monoisotopic (exact) mass is 296 g/mol. The summed E-state index contributed by atoms with van der Waals surface area (Å²) in [5, 5.41) is 3.11. The summed E-state index contributed by atoms with van der Waals surface area (Å²) in [4.78, 5) is 14.9. The van der Waals surface area contributed by atoms with Gasteiger partial charge in [-0.25, -0.2) is 0 Å². The molecule has 0 aliphatic heterocycles. The second-order valence-electron chi connectivity index (χ2n) is 6.80. The van der Waals surface area contributed by atoms with Crippen molar-refractivity contribution in [1.29, 1.82) is 0 Å². The van der Waals surface area contributed by atoms with Crippen molar-refractivity contribution in [3.05, 3.63) is 21.4 Å². The predicted molar refractivity (Wildman–Crippen MR) is 87.0 cm³/mol. The number of aryl methyl sites for hydroxylation is 2. The van der Waals surface area contributed by atoms with Crippen LogP contribution < -0.4 is 11.1 Å². The molecule has 2 atom stereocenters. The quantitative estimate of drug-likeness (QED) is 0.873. The van der Waals surface area contributed by atoms with Crippen molar-refractivity contribution in [3.8, 4) is 0 Å². The van der Waals surface area contributed by atoms with E-state index in [9.17, 15) is 4.79 Å². The molecule has 20 heavy (non-hydrogen) atoms. The highest BCUT2D eigenvalue weighted by Crippen LogP contribution is 2.28. The Labute approximate surface area is 127 Å². The van der Waals surface area contributed by atoms with E-state index in [1.165, 1.54) is 15.3 Å². The van der Waals surface area contributed by atoms with E-state index in [0.717, 1.165) is 6.42 Å². The molecular weight excluding hydrogens is 268 g/mol. The van der Waals surface area contributed by atoms with Gasteiger partial charge < -0.3 is 11.1 Å². The molecule has 2 unspecified atom stereocenters. The summed E-state index contributed by atoms with van der Waals surface area (Å²) in [5.41, 5.74) is 7.10. The van der Waals surface area contributed by atoms with Gasteiger partial charge in [0, 0.05) is 16.3 Å². The topological polar surface area (TPSA) is 55.1 Å². The van der Waals surface area contributed by atoms with Crippen molar-refractivity contribution in [1.82, 2.24) is 5.32 Å². The number of hydrogen-bond donors (Lipinski definition) is 2. The Kier molecular flexibility index (Phi) is 5.78. The van der Waals surface area contributed by atoms with Crippen LogP contribution in [-0.4, -0.2) is 12.5 Å². The summed E-state index contributed by atoms with van der Waals surface area (Å²) in [6.45, 7) is 13.0. The number of nitrogens with two attached hydrogens (primary N) is 1. The van der Waals surface area contributed by atoms with E-state index in [2.05, 4.69) is 46.0 Å². The summed E-state index contributed by atoms with van der Waals surface area (Å²) in [6, 6.07) is 2.20. The van der Waals surface area contributed by atoms with E-state index in [4.69, 9.17) is 5.73 Å². The van der Waals surface area contributed by atoms with E-state index >= 15 is 0 Å². The van der Waals surface area contributed by atoms with Crippen molar-refractivity contribution < 1.29 is 4.79 Å². The fraction of sp³-hybridized carbons (Fsp3) is 0.688. The summed E-state index contributed by atoms with van der Waals surface area (Å²) in [6.07, 6.45) is 0.809. The van der Waals surface area contributed by atoms with Gasteiger partial charge in [0.2, 0.25) is 5.91 Å². The first-order valence-electron chi connectivity index (χ1n) is 7.21. The second-order valence-corrected chi connectivity index (χ2v) is 8.26. The molecule has 1 aromatic rings. The van der Waals surface area contributed by atoms with Crippen molar-refractivity contribution in [2.45, 2.75) is 54.0 Å². The first-order chi connectivity index (χ1) is 9.14. The summed E-state index contributed by atoms with van der Waals surface area (Å²) in [7, 11) is 0. The van der Waals surface area contributed by atoms with Gasteiger partial charge >= 0.3 is 0 Å². The number of nitrogens with one attached hydrogen (secondary N) is 1. The number of carbonyl (C=O) groups is 1. The molecule has 1 amide bonds. The van der Waals surface area contributed by atoms with Gasteiger partial charge in [-0.1, -0.05) is 20.8 Å². The zero-order chi connectivity index (χ0) is 15.5. The lowest BCUT2D eigenvalue weighted by Gasteiger charge is -2.25. The third kappa shape index (κ3) is 4.91. The molecule has 3 N–H and O–H groups in total. The van der Waals surface area contributed by atoms with Crippen molar-refractivity contribution in [2.24, 2.45) is 17.1 Å². The third-order valence-electron chi connectivity index (χ3n) is 3.42. The molecule has 0 saturated heterocycles. The summed E-state index contributed by atoms with van der Waals surface area (Å²) in [5.74, 6) is -0.0457. The molecule has 0 aliphatic rings. The van der Waals surface area contributed by atoms with E-state index in [1.807, 2.05) is 6.92 Å². The molecule has 0 aliphatic carbocycles. The van der Waals surface area contributed by atoms with Crippen LogP contribution in [0.4, 0.5) is 0 Å². The fourth-order valence-corrected chi connectivity index (χ4v) is 3.53. The normalized spacial score (nSPS) is 14.9. The van der Waals surface area contributed by atoms with E-state index in [0.29, 0.717) is 6.54 Å². The van der Waals surface area contributed by atoms with Crippen LogP contribution in [-0.2, 0) is 4.79 Å². The number of amides is 1. The average molecular weight is 296 g/mol. The lowest BCUT2D eigenvalue weighted by Crippen LogP contribution is -2.38. The Bertz CT molecular complexity index is 460. The number of hydrogen-bond acceptors (Lipinski definition) is 3. The maximum absolute atomic E-state index is 12.4. The number of carbonyl (C=O) groups excluding carboxylic acids is 1. The molecule has 0 saturated carbocycles. The number of rotatable bonds is 5. The molecule has 3 nitrogen and oxygen atoms in total. The first-order valence-corrected chi connectivity index (χ1v) is 8.03. The Hall–Kier alpha value is -0.870. The molecule has 114 valence electrons. The maximum Gasteiger partial charge on any atom is 0.224 e. The minimum Gasteiger partial charge on any atom is -0.349 e. The molecular formula is C16H28N2OS. The lowest BCUT2D eigenvalue weighted by atomic mass is 9.84. The standard InChI is InChI=1S/C16H28N2OS/c1-10-7-14(12(3)20-10)11(2)18-15(19)13(9-17)8-16(4,5)6/h7,11,13H,8-9,17H2,1-6H3,(H,18,19). The molecule has 0 radical (unpaired) electrons. The number of thiophene rings is 1. The van der Waals surface area contributed by atoms with Crippen LogP contribution in [0.3, 0.4) is 0 Å². The highest BCUT2D eigenvalue weighted by atomic mass is 32.1. The van der Waals surface area contributed by atoms with Gasteiger partial charge in [0.15, 0.2) is 0 Å². The van der Waals surface area contributed by atoms with Crippen LogP contribution in [0.25, 0.3) is 0 Å². The van der Waals surface area contributed by atoms with Crippen LogP contribution in [0.2, 0.25) is 0 Å². The van der Waals surface area contributed by atoms with Gasteiger partial charge in [0.05, 0.1) is 12.0 Å². The highest BCUT2D eigenvalue weighted by Gasteiger charge is 2.25. The van der Waals surface area contributed by atoms with Crippen LogP contribution >= 0.6 is 11.3 Å². The Morgan fingerprint density at radius 1 is 1.40 bits per heavy atom. The van der Waals surface area contributed by atoms with Gasteiger partial charge in [-0.05, 0) is 44.2 Å². The highest BCUT2D eigenvalue weighted by molar-refractivity contribution is 7.12. The molecule has 1 aromatic heterocycles. The average Bonchev–Trinajstić information content (AvgIpc) is 2.64. The van der Waals surface area contributed by atoms with Gasteiger partial charge in [-0.2, -0.15) is 0 Å². The van der Waals surface area contributed by atoms with Crippen molar-refractivity contribution >= 4 is 17.2 Å². The molecule has 4 heteroatoms. The smallest absolute Gasteiger partial charge is 0.224 e. The molecule has 1 rings (SSSR count). The molecule has 0 aromatic carbocycles. The second kappa shape index (κ2) is 6.72. The van der Waals surface area contributed by atoms with Crippen molar-refractivity contribution in [2.75, 3.05) is 6.54 Å². The Balaban J connectivity index is 2.71. The van der Waals surface area contributed by atoms with Gasteiger partial charge in [-0.15, -0.1) is 11.3 Å². The molecule has 0 spiro atoms. The Morgan fingerprint density at radius 2 is 2.00 bits per heavy atom. The summed E-state index contributed by atoms with van der Waals surface area (Å²) < 4.78 is 0. The first kappa shape index (κ1) is 17.2. The molecule has 0 fully saturated rings. The predicted octanol–water partition coefficient (Wildman–Crippen LogP) is 3.55. The van der Waals surface area contributed by atoms with Gasteiger partial charge in [-0.3, -0.25) is 4.79 Å². The minimum atomic E-state index is -0.113. The lowest BCUT2D eigenvalue weighted by molar-refractivity contribution is -0.126.